The van der Waals surface area contributed by atoms with Crippen LogP contribution in [0.15, 0.2) is 18.2 Å². The number of nitrogens with two attached hydrogens (primary N) is 1. The molecule has 1 atom stereocenters. The first kappa shape index (κ1) is 10.7. The van der Waals surface area contributed by atoms with E-state index in [1.54, 1.807) is 6.07 Å². The van der Waals surface area contributed by atoms with Crippen molar-refractivity contribution in [3.63, 3.8) is 0 Å². The van der Waals surface area contributed by atoms with E-state index in [-0.39, 0.29) is 11.9 Å². The van der Waals surface area contributed by atoms with Crippen molar-refractivity contribution in [2.24, 2.45) is 5.73 Å². The highest BCUT2D eigenvalue weighted by Gasteiger charge is 2.09. The summed E-state index contributed by atoms with van der Waals surface area (Å²) in [6.45, 7) is 4.13. The first-order valence-electron chi connectivity index (χ1n) is 4.58. The van der Waals surface area contributed by atoms with Gasteiger partial charge in [-0.15, -0.1) is 0 Å². The maximum absolute atomic E-state index is 11.5. The summed E-state index contributed by atoms with van der Waals surface area (Å²) in [4.78, 5) is 15.6. The number of carbonyl (C=O) groups excluding carboxylic acids is 1. The van der Waals surface area contributed by atoms with Crippen molar-refractivity contribution in [2.45, 2.75) is 19.9 Å². The number of carbonyl (C=O) groups is 1. The van der Waals surface area contributed by atoms with Crippen molar-refractivity contribution in [1.29, 1.82) is 0 Å². The van der Waals surface area contributed by atoms with Crippen molar-refractivity contribution in [2.75, 3.05) is 6.54 Å². The van der Waals surface area contributed by atoms with Crippen LogP contribution in [-0.4, -0.2) is 23.5 Å². The summed E-state index contributed by atoms with van der Waals surface area (Å²) < 4.78 is 0. The summed E-state index contributed by atoms with van der Waals surface area (Å²) in [6.07, 6.45) is 0. The molecular weight excluding hydrogens is 178 g/mol. The van der Waals surface area contributed by atoms with Gasteiger partial charge in [0.1, 0.15) is 5.69 Å². The number of aryl methyl sites for hydroxylation is 1. The van der Waals surface area contributed by atoms with Crippen LogP contribution < -0.4 is 11.1 Å². The van der Waals surface area contributed by atoms with Crippen LogP contribution in [0.4, 0.5) is 0 Å². The second-order valence-corrected chi connectivity index (χ2v) is 3.27. The van der Waals surface area contributed by atoms with E-state index in [1.807, 2.05) is 26.0 Å². The Labute approximate surface area is 83.5 Å². The largest absolute Gasteiger partial charge is 0.347 e. The van der Waals surface area contributed by atoms with Crippen LogP contribution in [-0.2, 0) is 0 Å². The van der Waals surface area contributed by atoms with E-state index < -0.39 is 0 Å². The summed E-state index contributed by atoms with van der Waals surface area (Å²) in [5.74, 6) is -0.174. The first-order valence-corrected chi connectivity index (χ1v) is 4.58. The molecule has 0 aliphatic rings. The second kappa shape index (κ2) is 4.72. The Bertz CT molecular complexity index is 325. The predicted octanol–water partition coefficient (Wildman–Crippen LogP) is 0.467. The highest BCUT2D eigenvalue weighted by atomic mass is 16.1. The summed E-state index contributed by atoms with van der Waals surface area (Å²) in [5.41, 5.74) is 6.66. The summed E-state index contributed by atoms with van der Waals surface area (Å²) in [6, 6.07) is 5.32. The molecule has 1 unspecified atom stereocenters. The number of pyridine rings is 1. The molecule has 4 nitrogen and oxygen atoms in total. The number of nitrogens with one attached hydrogen (secondary N) is 1. The Morgan fingerprint density at radius 2 is 2.36 bits per heavy atom. The van der Waals surface area contributed by atoms with E-state index in [0.717, 1.165) is 5.69 Å². The molecule has 1 rings (SSSR count). The zero-order valence-corrected chi connectivity index (χ0v) is 8.45. The van der Waals surface area contributed by atoms with Gasteiger partial charge >= 0.3 is 0 Å². The fourth-order valence-electron chi connectivity index (χ4n) is 1.03. The molecule has 14 heavy (non-hydrogen) atoms. The average Bonchev–Trinajstić information content (AvgIpc) is 2.17. The van der Waals surface area contributed by atoms with Gasteiger partial charge in [0, 0.05) is 18.3 Å². The molecule has 4 heteroatoms. The van der Waals surface area contributed by atoms with Gasteiger partial charge in [0.25, 0.3) is 5.91 Å². The summed E-state index contributed by atoms with van der Waals surface area (Å²) >= 11 is 0. The highest BCUT2D eigenvalue weighted by Crippen LogP contribution is 1.98. The van der Waals surface area contributed by atoms with E-state index >= 15 is 0 Å². The van der Waals surface area contributed by atoms with Crippen LogP contribution in [0.1, 0.15) is 23.1 Å². The van der Waals surface area contributed by atoms with Gasteiger partial charge < -0.3 is 11.1 Å². The van der Waals surface area contributed by atoms with Gasteiger partial charge in [0.15, 0.2) is 0 Å². The van der Waals surface area contributed by atoms with E-state index in [2.05, 4.69) is 10.3 Å². The lowest BCUT2D eigenvalue weighted by Crippen LogP contribution is -2.38. The van der Waals surface area contributed by atoms with Gasteiger partial charge in [0.2, 0.25) is 0 Å². The normalized spacial score (nSPS) is 12.2. The quantitative estimate of drug-likeness (QED) is 0.733. The molecule has 0 aromatic carbocycles. The monoisotopic (exact) mass is 193 g/mol. The maximum Gasteiger partial charge on any atom is 0.270 e. The molecule has 0 bridgehead atoms. The summed E-state index contributed by atoms with van der Waals surface area (Å²) in [7, 11) is 0. The lowest BCUT2D eigenvalue weighted by molar-refractivity contribution is 0.0936. The first-order chi connectivity index (χ1) is 6.63. The molecule has 0 spiro atoms. The number of nitrogens with zero attached hydrogens (tertiary/aromatic N) is 1. The number of amides is 1. The van der Waals surface area contributed by atoms with Gasteiger partial charge in [-0.3, -0.25) is 4.79 Å². The van der Waals surface area contributed by atoms with Crippen LogP contribution in [0.25, 0.3) is 0 Å². The predicted molar refractivity (Wildman–Crippen MR) is 55.0 cm³/mol. The van der Waals surface area contributed by atoms with Gasteiger partial charge in [0.05, 0.1) is 0 Å². The maximum atomic E-state index is 11.5. The molecule has 1 amide bonds. The second-order valence-electron chi connectivity index (χ2n) is 3.27. The smallest absolute Gasteiger partial charge is 0.270 e. The van der Waals surface area contributed by atoms with Crippen molar-refractivity contribution in [3.8, 4) is 0 Å². The van der Waals surface area contributed by atoms with E-state index in [1.165, 1.54) is 0 Å². The molecule has 0 radical (unpaired) electrons. The Hall–Kier alpha value is -1.42. The minimum atomic E-state index is -0.174. The molecule has 3 N–H and O–H groups in total. The zero-order chi connectivity index (χ0) is 10.6. The third-order valence-corrected chi connectivity index (χ3v) is 1.85. The molecule has 1 heterocycles. The van der Waals surface area contributed by atoms with E-state index in [4.69, 9.17) is 5.73 Å². The van der Waals surface area contributed by atoms with Crippen LogP contribution in [0, 0.1) is 6.92 Å². The molecule has 1 aromatic rings. The standard InChI is InChI=1S/C10H15N3O/c1-7-4-3-5-9(12-7)10(14)13-8(2)6-11/h3-5,8H,6,11H2,1-2H3,(H,13,14). The Kier molecular flexibility index (Phi) is 3.59. The molecule has 0 saturated heterocycles. The van der Waals surface area contributed by atoms with Gasteiger partial charge in [-0.1, -0.05) is 6.07 Å². The number of hydrogen-bond donors (Lipinski definition) is 2. The number of hydrogen-bond acceptors (Lipinski definition) is 3. The number of aromatic nitrogens is 1. The highest BCUT2D eigenvalue weighted by molar-refractivity contribution is 5.92. The fourth-order valence-corrected chi connectivity index (χ4v) is 1.03. The molecular formula is C10H15N3O. The SMILES string of the molecule is Cc1cccc(C(=O)NC(C)CN)n1. The average molecular weight is 193 g/mol. The van der Waals surface area contributed by atoms with Crippen LogP contribution in [0.2, 0.25) is 0 Å². The van der Waals surface area contributed by atoms with Gasteiger partial charge in [-0.2, -0.15) is 0 Å². The lowest BCUT2D eigenvalue weighted by Gasteiger charge is -2.10. The van der Waals surface area contributed by atoms with E-state index in [9.17, 15) is 4.79 Å². The molecule has 0 fully saturated rings. The van der Waals surface area contributed by atoms with E-state index in [0.29, 0.717) is 12.2 Å². The topological polar surface area (TPSA) is 68.0 Å². The van der Waals surface area contributed by atoms with Crippen LogP contribution in [0.3, 0.4) is 0 Å². The zero-order valence-electron chi connectivity index (χ0n) is 8.45. The molecule has 0 aliphatic heterocycles. The van der Waals surface area contributed by atoms with Crippen LogP contribution >= 0.6 is 0 Å². The van der Waals surface area contributed by atoms with Crippen LogP contribution in [0.5, 0.6) is 0 Å². The lowest BCUT2D eigenvalue weighted by atomic mass is 10.2. The van der Waals surface area contributed by atoms with Crippen molar-refractivity contribution < 1.29 is 4.79 Å². The minimum absolute atomic E-state index is 0.0233. The Morgan fingerprint density at radius 1 is 1.64 bits per heavy atom. The Morgan fingerprint density at radius 3 is 2.93 bits per heavy atom. The van der Waals surface area contributed by atoms with Gasteiger partial charge in [-0.25, -0.2) is 4.98 Å². The van der Waals surface area contributed by atoms with Crippen molar-refractivity contribution in [1.82, 2.24) is 10.3 Å². The molecule has 0 saturated carbocycles. The number of rotatable bonds is 3. The fraction of sp³-hybridized carbons (Fsp3) is 0.400. The summed E-state index contributed by atoms with van der Waals surface area (Å²) in [5, 5.41) is 2.75. The van der Waals surface area contributed by atoms with Crippen molar-refractivity contribution >= 4 is 5.91 Å². The Balaban J connectivity index is 2.70. The van der Waals surface area contributed by atoms with Gasteiger partial charge in [-0.05, 0) is 26.0 Å². The molecule has 0 aliphatic carbocycles. The van der Waals surface area contributed by atoms with Crippen molar-refractivity contribution in [3.05, 3.63) is 29.6 Å². The molecule has 76 valence electrons. The molecule has 1 aromatic heterocycles. The minimum Gasteiger partial charge on any atom is -0.347 e. The third-order valence-electron chi connectivity index (χ3n) is 1.85. The third kappa shape index (κ3) is 2.81.